The van der Waals surface area contributed by atoms with Gasteiger partial charge in [0.2, 0.25) is 0 Å². The van der Waals surface area contributed by atoms with Crippen molar-refractivity contribution in [2.24, 2.45) is 0 Å². The number of sulfonamides is 1. The lowest BCUT2D eigenvalue weighted by Crippen LogP contribution is -2.23. The molecule has 1 aromatic carbocycles. The number of aromatic nitrogens is 2. The highest BCUT2D eigenvalue weighted by Gasteiger charge is 2.14. The molecule has 0 unspecified atom stereocenters. The molecule has 0 aliphatic heterocycles. The van der Waals surface area contributed by atoms with E-state index in [1.807, 2.05) is 43.3 Å². The van der Waals surface area contributed by atoms with Crippen molar-refractivity contribution in [3.05, 3.63) is 42.1 Å². The first kappa shape index (κ1) is 13.6. The Morgan fingerprint density at radius 1 is 1.21 bits per heavy atom. The van der Waals surface area contributed by atoms with E-state index < -0.39 is 10.0 Å². The molecule has 6 nitrogen and oxygen atoms in total. The van der Waals surface area contributed by atoms with Gasteiger partial charge in [-0.1, -0.05) is 12.1 Å². The lowest BCUT2D eigenvalue weighted by Gasteiger charge is -2.12. The van der Waals surface area contributed by atoms with Crippen LogP contribution in [0.1, 0.15) is 5.56 Å². The molecule has 0 saturated carbocycles. The normalized spacial score (nSPS) is 11.5. The van der Waals surface area contributed by atoms with Gasteiger partial charge in [0.1, 0.15) is 0 Å². The van der Waals surface area contributed by atoms with E-state index in [1.54, 1.807) is 0 Å². The number of H-pyrrole nitrogens is 1. The molecule has 7 heteroatoms. The minimum atomic E-state index is -3.52. The summed E-state index contributed by atoms with van der Waals surface area (Å²) in [5.41, 5.74) is 1.97. The summed E-state index contributed by atoms with van der Waals surface area (Å²) in [6.07, 6.45) is 1.40. The van der Waals surface area contributed by atoms with Crippen molar-refractivity contribution in [2.75, 3.05) is 19.0 Å². The summed E-state index contributed by atoms with van der Waals surface area (Å²) in [6.45, 7) is 0.245. The first-order valence-corrected chi connectivity index (χ1v) is 7.23. The second-order valence-electron chi connectivity index (χ2n) is 4.31. The third kappa shape index (κ3) is 3.33. The summed E-state index contributed by atoms with van der Waals surface area (Å²) in [6, 6.07) is 9.09. The number of anilines is 1. The maximum Gasteiger partial charge on any atom is 0.257 e. The Morgan fingerprint density at radius 2 is 1.89 bits per heavy atom. The molecule has 0 amide bonds. The Bertz CT molecular complexity index is 618. The quantitative estimate of drug-likeness (QED) is 0.855. The first-order chi connectivity index (χ1) is 8.99. The molecule has 0 saturated heterocycles. The molecule has 102 valence electrons. The van der Waals surface area contributed by atoms with Crippen LogP contribution in [0.4, 0.5) is 5.69 Å². The van der Waals surface area contributed by atoms with Gasteiger partial charge in [-0.25, -0.2) is 13.1 Å². The van der Waals surface area contributed by atoms with Crippen molar-refractivity contribution < 1.29 is 8.42 Å². The molecule has 0 radical (unpaired) electrons. The standard InChI is InChI=1S/C12H16N4O2S/c1-16(2)11-5-3-10(4-6-11)9-14-19(17,18)12-7-8-13-15-12/h3-8,14H,9H2,1-2H3,(H,13,15). The van der Waals surface area contributed by atoms with Crippen LogP contribution in [-0.4, -0.2) is 32.7 Å². The maximum absolute atomic E-state index is 11.9. The van der Waals surface area contributed by atoms with Gasteiger partial charge < -0.3 is 4.90 Å². The van der Waals surface area contributed by atoms with Gasteiger partial charge in [0.15, 0.2) is 5.03 Å². The van der Waals surface area contributed by atoms with Gasteiger partial charge in [0.25, 0.3) is 10.0 Å². The van der Waals surface area contributed by atoms with Crippen molar-refractivity contribution in [2.45, 2.75) is 11.6 Å². The SMILES string of the molecule is CN(C)c1ccc(CNS(=O)(=O)c2ccn[nH]2)cc1. The van der Waals surface area contributed by atoms with Crippen LogP contribution in [0.2, 0.25) is 0 Å². The fraction of sp³-hybridized carbons (Fsp3) is 0.250. The molecule has 2 aromatic rings. The summed E-state index contributed by atoms with van der Waals surface area (Å²) >= 11 is 0. The Balaban J connectivity index is 2.03. The largest absolute Gasteiger partial charge is 0.378 e. The number of nitrogens with zero attached hydrogens (tertiary/aromatic N) is 2. The van der Waals surface area contributed by atoms with E-state index >= 15 is 0 Å². The van der Waals surface area contributed by atoms with E-state index in [0.717, 1.165) is 11.3 Å². The van der Waals surface area contributed by atoms with Crippen LogP contribution in [-0.2, 0) is 16.6 Å². The van der Waals surface area contributed by atoms with Crippen molar-refractivity contribution >= 4 is 15.7 Å². The second-order valence-corrected chi connectivity index (χ2v) is 6.04. The molecule has 0 bridgehead atoms. The predicted molar refractivity (Wildman–Crippen MR) is 73.4 cm³/mol. The van der Waals surface area contributed by atoms with Gasteiger partial charge in [-0.2, -0.15) is 5.10 Å². The van der Waals surface area contributed by atoms with E-state index in [4.69, 9.17) is 0 Å². The smallest absolute Gasteiger partial charge is 0.257 e. The van der Waals surface area contributed by atoms with Gasteiger partial charge in [-0.15, -0.1) is 0 Å². The molecule has 0 fully saturated rings. The number of benzene rings is 1. The summed E-state index contributed by atoms with van der Waals surface area (Å²) in [5.74, 6) is 0. The molecule has 2 N–H and O–H groups in total. The minimum Gasteiger partial charge on any atom is -0.378 e. The van der Waals surface area contributed by atoms with Gasteiger partial charge in [-0.3, -0.25) is 5.10 Å². The molecule has 0 spiro atoms. The highest BCUT2D eigenvalue weighted by Crippen LogP contribution is 2.12. The second kappa shape index (κ2) is 5.41. The van der Waals surface area contributed by atoms with Gasteiger partial charge in [-0.05, 0) is 23.8 Å². The Hall–Kier alpha value is -1.86. The minimum absolute atomic E-state index is 0.0670. The van der Waals surface area contributed by atoms with Gasteiger partial charge >= 0.3 is 0 Å². The highest BCUT2D eigenvalue weighted by atomic mass is 32.2. The lowest BCUT2D eigenvalue weighted by atomic mass is 10.2. The topological polar surface area (TPSA) is 78.1 Å². The third-order valence-corrected chi connectivity index (χ3v) is 4.01. The zero-order chi connectivity index (χ0) is 13.9. The number of hydrogen-bond acceptors (Lipinski definition) is 4. The summed E-state index contributed by atoms with van der Waals surface area (Å²) < 4.78 is 26.2. The van der Waals surface area contributed by atoms with Crippen LogP contribution in [0.3, 0.4) is 0 Å². The molecule has 2 rings (SSSR count). The zero-order valence-electron chi connectivity index (χ0n) is 10.8. The van der Waals surface area contributed by atoms with Gasteiger partial charge in [0, 0.05) is 26.3 Å². The van der Waals surface area contributed by atoms with E-state index in [2.05, 4.69) is 14.9 Å². The average Bonchev–Trinajstić information content (AvgIpc) is 2.91. The number of aromatic amines is 1. The van der Waals surface area contributed by atoms with Crippen LogP contribution in [0.5, 0.6) is 0 Å². The number of rotatable bonds is 5. The van der Waals surface area contributed by atoms with Crippen LogP contribution in [0, 0.1) is 0 Å². The molecule has 0 atom stereocenters. The fourth-order valence-corrected chi connectivity index (χ4v) is 2.49. The molecule has 1 heterocycles. The number of hydrogen-bond donors (Lipinski definition) is 2. The van der Waals surface area contributed by atoms with E-state index in [9.17, 15) is 8.42 Å². The first-order valence-electron chi connectivity index (χ1n) is 5.74. The summed E-state index contributed by atoms with van der Waals surface area (Å²) in [4.78, 5) is 1.98. The van der Waals surface area contributed by atoms with Crippen molar-refractivity contribution in [3.63, 3.8) is 0 Å². The molecule has 0 aliphatic rings. The van der Waals surface area contributed by atoms with Gasteiger partial charge in [0.05, 0.1) is 6.20 Å². The van der Waals surface area contributed by atoms with Crippen LogP contribution in [0.15, 0.2) is 41.6 Å². The monoisotopic (exact) mass is 280 g/mol. The highest BCUT2D eigenvalue weighted by molar-refractivity contribution is 7.89. The Labute approximate surface area is 112 Å². The summed E-state index contributed by atoms with van der Waals surface area (Å²) in [7, 11) is 0.389. The van der Waals surface area contributed by atoms with E-state index in [0.29, 0.717) is 0 Å². The maximum atomic E-state index is 11.9. The molecule has 0 aliphatic carbocycles. The number of nitrogens with one attached hydrogen (secondary N) is 2. The Morgan fingerprint density at radius 3 is 2.42 bits per heavy atom. The molecular weight excluding hydrogens is 264 g/mol. The predicted octanol–water partition coefficient (Wildman–Crippen LogP) is 0.954. The lowest BCUT2D eigenvalue weighted by molar-refractivity contribution is 0.577. The van der Waals surface area contributed by atoms with Crippen molar-refractivity contribution in [1.29, 1.82) is 0 Å². The van der Waals surface area contributed by atoms with Crippen LogP contribution < -0.4 is 9.62 Å². The van der Waals surface area contributed by atoms with E-state index in [1.165, 1.54) is 12.3 Å². The molecular formula is C12H16N4O2S. The van der Waals surface area contributed by atoms with Crippen LogP contribution >= 0.6 is 0 Å². The molecule has 19 heavy (non-hydrogen) atoms. The van der Waals surface area contributed by atoms with Crippen molar-refractivity contribution in [3.8, 4) is 0 Å². The van der Waals surface area contributed by atoms with Crippen LogP contribution in [0.25, 0.3) is 0 Å². The Kier molecular flexibility index (Phi) is 3.87. The fourth-order valence-electron chi connectivity index (χ4n) is 1.56. The van der Waals surface area contributed by atoms with E-state index in [-0.39, 0.29) is 11.6 Å². The zero-order valence-corrected chi connectivity index (χ0v) is 11.6. The average molecular weight is 280 g/mol. The molecule has 1 aromatic heterocycles. The summed E-state index contributed by atoms with van der Waals surface area (Å²) in [5, 5.41) is 6.12. The van der Waals surface area contributed by atoms with Crippen molar-refractivity contribution in [1.82, 2.24) is 14.9 Å². The third-order valence-electron chi connectivity index (χ3n) is 2.68.